The lowest BCUT2D eigenvalue weighted by molar-refractivity contribution is 0.0956. The Hall–Kier alpha value is -4.19. The minimum absolute atomic E-state index is 0.100. The molecule has 0 fully saturated rings. The minimum Gasteiger partial charge on any atom is -0.507 e. The van der Waals surface area contributed by atoms with Crippen molar-refractivity contribution in [3.63, 3.8) is 0 Å². The highest BCUT2D eigenvalue weighted by molar-refractivity contribution is 6.07. The fraction of sp³-hybridized carbons (Fsp3) is 0.0417. The van der Waals surface area contributed by atoms with Gasteiger partial charge < -0.3 is 9.52 Å². The van der Waals surface area contributed by atoms with E-state index in [-0.39, 0.29) is 11.7 Å². The van der Waals surface area contributed by atoms with Crippen LogP contribution in [0.25, 0.3) is 28.2 Å². The van der Waals surface area contributed by atoms with Gasteiger partial charge in [-0.05, 0) is 55.0 Å². The normalized spacial score (nSPS) is 11.8. The van der Waals surface area contributed by atoms with E-state index in [9.17, 15) is 9.90 Å². The molecule has 0 atom stereocenters. The number of hydrogen-bond acceptors (Lipinski definition) is 5. The molecular weight excluding hydrogens is 378 g/mol. The Balaban J connectivity index is 1.65. The molecule has 0 spiro atoms. The zero-order chi connectivity index (χ0) is 20.9. The molecule has 4 aromatic rings. The molecular formula is C24H19N3O3. The van der Waals surface area contributed by atoms with Crippen LogP contribution in [0.4, 0.5) is 0 Å². The van der Waals surface area contributed by atoms with E-state index in [1.165, 1.54) is 0 Å². The van der Waals surface area contributed by atoms with E-state index in [1.54, 1.807) is 42.8 Å². The minimum atomic E-state index is -0.368. The number of phenolic OH excluding ortho intramolecular Hbond substituents is 1. The van der Waals surface area contributed by atoms with Crippen LogP contribution in [0.1, 0.15) is 23.0 Å². The highest BCUT2D eigenvalue weighted by Crippen LogP contribution is 2.30. The lowest BCUT2D eigenvalue weighted by atomic mass is 10.0. The van der Waals surface area contributed by atoms with Crippen LogP contribution in [-0.4, -0.2) is 22.2 Å². The summed E-state index contributed by atoms with van der Waals surface area (Å²) in [5.41, 5.74) is 5.52. The van der Waals surface area contributed by atoms with Gasteiger partial charge in [-0.15, -0.1) is 0 Å². The molecule has 2 aromatic heterocycles. The van der Waals surface area contributed by atoms with Crippen LogP contribution in [0.3, 0.4) is 0 Å². The van der Waals surface area contributed by atoms with E-state index >= 15 is 0 Å². The molecule has 0 bridgehead atoms. The second-order valence-corrected chi connectivity index (χ2v) is 6.69. The summed E-state index contributed by atoms with van der Waals surface area (Å²) in [6.07, 6.45) is 4.95. The number of rotatable bonds is 5. The van der Waals surface area contributed by atoms with Crippen molar-refractivity contribution in [2.45, 2.75) is 6.92 Å². The van der Waals surface area contributed by atoms with Gasteiger partial charge in [0.15, 0.2) is 0 Å². The number of carbonyl (C=O) groups is 1. The molecule has 30 heavy (non-hydrogen) atoms. The summed E-state index contributed by atoms with van der Waals surface area (Å²) in [5, 5.41) is 14.9. The highest BCUT2D eigenvalue weighted by atomic mass is 16.3. The molecule has 0 saturated heterocycles. The molecule has 0 aliphatic carbocycles. The molecule has 0 aliphatic heterocycles. The Morgan fingerprint density at radius 3 is 2.70 bits per heavy atom. The molecule has 0 aliphatic rings. The topological polar surface area (TPSA) is 87.7 Å². The maximum Gasteiger partial charge on any atom is 0.272 e. The average molecular weight is 397 g/mol. The van der Waals surface area contributed by atoms with Crippen molar-refractivity contribution in [1.29, 1.82) is 0 Å². The molecule has 0 radical (unpaired) electrons. The number of hydrogen-bond donors (Lipinski definition) is 2. The van der Waals surface area contributed by atoms with E-state index in [0.717, 1.165) is 5.57 Å². The van der Waals surface area contributed by atoms with Crippen molar-refractivity contribution in [3.05, 3.63) is 89.9 Å². The van der Waals surface area contributed by atoms with Crippen molar-refractivity contribution in [3.8, 4) is 17.0 Å². The zero-order valence-corrected chi connectivity index (χ0v) is 16.2. The lowest BCUT2D eigenvalue weighted by Crippen LogP contribution is -2.18. The summed E-state index contributed by atoms with van der Waals surface area (Å²) < 4.78 is 5.26. The number of fused-ring (bicyclic) bond motifs is 1. The number of benzene rings is 2. The van der Waals surface area contributed by atoms with Gasteiger partial charge in [0.2, 0.25) is 0 Å². The number of furan rings is 1. The first-order valence-electron chi connectivity index (χ1n) is 9.35. The smallest absolute Gasteiger partial charge is 0.272 e. The number of nitrogens with one attached hydrogen (secondary N) is 1. The molecule has 2 aromatic carbocycles. The lowest BCUT2D eigenvalue weighted by Gasteiger charge is -2.10. The van der Waals surface area contributed by atoms with Crippen molar-refractivity contribution < 1.29 is 14.3 Å². The summed E-state index contributed by atoms with van der Waals surface area (Å²) in [7, 11) is 0. The second-order valence-electron chi connectivity index (χ2n) is 6.69. The number of carbonyl (C=O) groups excluding carboxylic acids is 1. The Bertz CT molecular complexity index is 1260. The fourth-order valence-corrected chi connectivity index (χ4v) is 3.08. The van der Waals surface area contributed by atoms with Gasteiger partial charge in [-0.3, -0.25) is 4.79 Å². The van der Waals surface area contributed by atoms with Crippen LogP contribution in [0.15, 0.2) is 88.1 Å². The molecule has 2 N–H and O–H groups in total. The first kappa shape index (κ1) is 19.1. The van der Waals surface area contributed by atoms with Crippen molar-refractivity contribution in [1.82, 2.24) is 10.4 Å². The number of aromatic nitrogens is 1. The number of pyridine rings is 1. The van der Waals surface area contributed by atoms with Crippen molar-refractivity contribution in [2.24, 2.45) is 5.10 Å². The number of amides is 1. The SMILES string of the molecule is CC(C=NNC(=O)c1cc(-c2ccccc2O)nc2ccccc12)=Cc1ccco1. The van der Waals surface area contributed by atoms with Crippen molar-refractivity contribution in [2.75, 3.05) is 0 Å². The molecule has 6 heteroatoms. The van der Waals surface area contributed by atoms with Crippen LogP contribution in [-0.2, 0) is 0 Å². The molecule has 4 rings (SSSR count). The summed E-state index contributed by atoms with van der Waals surface area (Å²) in [6.45, 7) is 1.86. The third kappa shape index (κ3) is 4.12. The van der Waals surface area contributed by atoms with Gasteiger partial charge >= 0.3 is 0 Å². The fourth-order valence-electron chi connectivity index (χ4n) is 3.08. The van der Waals surface area contributed by atoms with Gasteiger partial charge in [0, 0.05) is 10.9 Å². The van der Waals surface area contributed by atoms with Crippen LogP contribution in [0.5, 0.6) is 5.75 Å². The van der Waals surface area contributed by atoms with Gasteiger partial charge in [-0.25, -0.2) is 10.4 Å². The third-order valence-corrected chi connectivity index (χ3v) is 4.49. The Labute approximate surface area is 173 Å². The second kappa shape index (κ2) is 8.45. The molecule has 0 saturated carbocycles. The van der Waals surface area contributed by atoms with Crippen LogP contribution in [0.2, 0.25) is 0 Å². The molecule has 1 amide bonds. The number of phenols is 1. The molecule has 0 unspecified atom stereocenters. The Morgan fingerprint density at radius 1 is 1.10 bits per heavy atom. The van der Waals surface area contributed by atoms with E-state index in [2.05, 4.69) is 15.5 Å². The average Bonchev–Trinajstić information content (AvgIpc) is 3.26. The number of hydrazone groups is 1. The van der Waals surface area contributed by atoms with Crippen LogP contribution in [0, 0.1) is 0 Å². The van der Waals surface area contributed by atoms with Gasteiger partial charge in [0.25, 0.3) is 5.91 Å². The van der Waals surface area contributed by atoms with Crippen molar-refractivity contribution >= 4 is 29.1 Å². The Morgan fingerprint density at radius 2 is 1.90 bits per heavy atom. The molecule has 6 nitrogen and oxygen atoms in total. The highest BCUT2D eigenvalue weighted by Gasteiger charge is 2.15. The third-order valence-electron chi connectivity index (χ3n) is 4.49. The first-order chi connectivity index (χ1) is 14.6. The number of nitrogens with zero attached hydrogens (tertiary/aromatic N) is 2. The maximum atomic E-state index is 12.9. The standard InChI is InChI=1S/C24H19N3O3/c1-16(13-17-7-6-12-30-17)15-25-27-24(29)20-14-22(19-9-3-5-11-23(19)28)26-21-10-4-2-8-18(20)21/h2-15,28H,1H3,(H,27,29). The van der Waals surface area contributed by atoms with E-state index < -0.39 is 0 Å². The largest absolute Gasteiger partial charge is 0.507 e. The molecule has 148 valence electrons. The van der Waals surface area contributed by atoms with Crippen LogP contribution < -0.4 is 5.43 Å². The zero-order valence-electron chi connectivity index (χ0n) is 16.2. The van der Waals surface area contributed by atoms with Gasteiger partial charge in [-0.1, -0.05) is 30.3 Å². The summed E-state index contributed by atoms with van der Waals surface area (Å²) in [6, 6.07) is 19.5. The Kier molecular flexibility index (Phi) is 5.39. The first-order valence-corrected chi connectivity index (χ1v) is 9.35. The predicted octanol–water partition coefficient (Wildman–Crippen LogP) is 5.02. The van der Waals surface area contributed by atoms with Crippen LogP contribution >= 0.6 is 0 Å². The number of allylic oxidation sites excluding steroid dienone is 1. The number of para-hydroxylation sites is 2. The maximum absolute atomic E-state index is 12.9. The van der Waals surface area contributed by atoms with Gasteiger partial charge in [0.05, 0.1) is 29.3 Å². The van der Waals surface area contributed by atoms with E-state index in [4.69, 9.17) is 4.42 Å². The van der Waals surface area contributed by atoms with E-state index in [1.807, 2.05) is 49.4 Å². The summed E-state index contributed by atoms with van der Waals surface area (Å²) >= 11 is 0. The predicted molar refractivity (Wildman–Crippen MR) is 117 cm³/mol. The van der Waals surface area contributed by atoms with Gasteiger partial charge in [-0.2, -0.15) is 5.10 Å². The van der Waals surface area contributed by atoms with Gasteiger partial charge in [0.1, 0.15) is 11.5 Å². The monoisotopic (exact) mass is 397 g/mol. The molecule has 2 heterocycles. The summed E-state index contributed by atoms with van der Waals surface area (Å²) in [5.74, 6) is 0.438. The quantitative estimate of drug-likeness (QED) is 0.366. The summed E-state index contributed by atoms with van der Waals surface area (Å²) in [4.78, 5) is 17.5. The number of aromatic hydroxyl groups is 1. The van der Waals surface area contributed by atoms with E-state index in [0.29, 0.717) is 33.5 Å².